The standard InChI is InChI=1S/C24H21N5O3S/c30-22-20(33-24(31)27-22)15-17-16-21(32-19-9-5-2-6-10-19)26-23(25-17)29-13-11-28(12-14-29)18-7-3-1-4-8-18/h1-10,15-16H,11-14H2,(H,27,30,31)/b20-15+. The lowest BCUT2D eigenvalue weighted by atomic mass is 10.2. The molecule has 2 aliphatic rings. The number of para-hydroxylation sites is 2. The van der Waals surface area contributed by atoms with Crippen molar-refractivity contribution >= 4 is 40.6 Å². The summed E-state index contributed by atoms with van der Waals surface area (Å²) >= 11 is 0.858. The smallest absolute Gasteiger partial charge is 0.290 e. The molecule has 2 aromatic carbocycles. The van der Waals surface area contributed by atoms with Crippen LogP contribution >= 0.6 is 11.8 Å². The number of benzene rings is 2. The molecular formula is C24H21N5O3S. The highest BCUT2D eigenvalue weighted by Crippen LogP contribution is 2.28. The van der Waals surface area contributed by atoms with Gasteiger partial charge in [0, 0.05) is 37.9 Å². The van der Waals surface area contributed by atoms with Crippen molar-refractivity contribution < 1.29 is 14.3 Å². The quantitative estimate of drug-likeness (QED) is 0.575. The van der Waals surface area contributed by atoms with E-state index in [2.05, 4.69) is 37.2 Å². The van der Waals surface area contributed by atoms with Crippen molar-refractivity contribution in [1.82, 2.24) is 15.3 Å². The summed E-state index contributed by atoms with van der Waals surface area (Å²) in [5, 5.41) is 1.88. The molecule has 2 aliphatic heterocycles. The largest absolute Gasteiger partial charge is 0.439 e. The Balaban J connectivity index is 1.41. The van der Waals surface area contributed by atoms with Crippen LogP contribution in [0.5, 0.6) is 11.6 Å². The molecule has 0 aliphatic carbocycles. The van der Waals surface area contributed by atoms with Crippen LogP contribution < -0.4 is 19.9 Å². The number of aromatic nitrogens is 2. The van der Waals surface area contributed by atoms with Crippen molar-refractivity contribution in [2.75, 3.05) is 36.0 Å². The highest BCUT2D eigenvalue weighted by molar-refractivity contribution is 8.18. The minimum atomic E-state index is -0.424. The lowest BCUT2D eigenvalue weighted by molar-refractivity contribution is -0.115. The fourth-order valence-corrected chi connectivity index (χ4v) is 4.33. The number of thioether (sulfide) groups is 1. The van der Waals surface area contributed by atoms with Crippen LogP contribution in [0.3, 0.4) is 0 Å². The molecule has 1 N–H and O–H groups in total. The van der Waals surface area contributed by atoms with Gasteiger partial charge >= 0.3 is 0 Å². The van der Waals surface area contributed by atoms with Crippen molar-refractivity contribution in [2.45, 2.75) is 0 Å². The number of rotatable bonds is 5. The normalized spacial score (nSPS) is 17.4. The molecule has 3 aromatic rings. The summed E-state index contributed by atoms with van der Waals surface area (Å²) in [4.78, 5) is 37.6. The third-order valence-corrected chi connectivity index (χ3v) is 6.09. The molecule has 2 saturated heterocycles. The van der Waals surface area contributed by atoms with Crippen LogP contribution in [0, 0.1) is 0 Å². The molecule has 0 radical (unpaired) electrons. The van der Waals surface area contributed by atoms with E-state index in [-0.39, 0.29) is 0 Å². The van der Waals surface area contributed by atoms with Gasteiger partial charge in [-0.05, 0) is 42.1 Å². The van der Waals surface area contributed by atoms with Crippen molar-refractivity contribution in [3.05, 3.63) is 77.3 Å². The highest BCUT2D eigenvalue weighted by Gasteiger charge is 2.26. The molecule has 166 valence electrons. The fraction of sp³-hybridized carbons (Fsp3) is 0.167. The van der Waals surface area contributed by atoms with Crippen LogP contribution in [0.15, 0.2) is 71.6 Å². The van der Waals surface area contributed by atoms with Gasteiger partial charge in [0.15, 0.2) is 0 Å². The SMILES string of the molecule is O=C1NC(=O)/C(=C\c2cc(Oc3ccccc3)nc(N3CCN(c4ccccc4)CC3)n2)S1. The zero-order valence-corrected chi connectivity index (χ0v) is 18.5. The number of anilines is 2. The van der Waals surface area contributed by atoms with Crippen LogP contribution in [0.4, 0.5) is 16.4 Å². The molecule has 33 heavy (non-hydrogen) atoms. The molecule has 0 atom stereocenters. The van der Waals surface area contributed by atoms with Crippen LogP contribution in [0.25, 0.3) is 6.08 Å². The number of hydrogen-bond donors (Lipinski definition) is 1. The maximum atomic E-state index is 12.0. The zero-order valence-electron chi connectivity index (χ0n) is 17.7. The monoisotopic (exact) mass is 459 g/mol. The molecule has 2 fully saturated rings. The molecule has 0 saturated carbocycles. The summed E-state index contributed by atoms with van der Waals surface area (Å²) in [6.07, 6.45) is 1.59. The summed E-state index contributed by atoms with van der Waals surface area (Å²) in [6.45, 7) is 3.15. The Kier molecular flexibility index (Phi) is 5.95. The number of nitrogens with zero attached hydrogens (tertiary/aromatic N) is 4. The van der Waals surface area contributed by atoms with Crippen LogP contribution in [0.2, 0.25) is 0 Å². The first-order valence-electron chi connectivity index (χ1n) is 10.6. The molecule has 3 heterocycles. The first-order chi connectivity index (χ1) is 16.1. The van der Waals surface area contributed by atoms with Gasteiger partial charge in [-0.15, -0.1) is 0 Å². The Morgan fingerprint density at radius 2 is 1.55 bits per heavy atom. The van der Waals surface area contributed by atoms with Gasteiger partial charge in [0.1, 0.15) is 5.75 Å². The van der Waals surface area contributed by atoms with Crippen molar-refractivity contribution in [2.24, 2.45) is 0 Å². The fourth-order valence-electron chi connectivity index (χ4n) is 3.67. The average Bonchev–Trinajstić information content (AvgIpc) is 3.16. The minimum absolute atomic E-state index is 0.296. The van der Waals surface area contributed by atoms with E-state index < -0.39 is 11.1 Å². The van der Waals surface area contributed by atoms with E-state index in [0.29, 0.717) is 28.2 Å². The van der Waals surface area contributed by atoms with Crippen LogP contribution in [0.1, 0.15) is 5.69 Å². The lowest BCUT2D eigenvalue weighted by Crippen LogP contribution is -2.47. The molecule has 2 amide bonds. The Morgan fingerprint density at radius 1 is 0.879 bits per heavy atom. The molecule has 9 heteroatoms. The average molecular weight is 460 g/mol. The van der Waals surface area contributed by atoms with E-state index in [1.807, 2.05) is 48.5 Å². The summed E-state index contributed by atoms with van der Waals surface area (Å²) in [6, 6.07) is 21.3. The van der Waals surface area contributed by atoms with E-state index >= 15 is 0 Å². The molecular weight excluding hydrogens is 438 g/mol. The third-order valence-electron chi connectivity index (χ3n) is 5.28. The molecule has 1 aromatic heterocycles. The van der Waals surface area contributed by atoms with Gasteiger partial charge in [-0.3, -0.25) is 14.9 Å². The van der Waals surface area contributed by atoms with Crippen LogP contribution in [-0.4, -0.2) is 47.3 Å². The Morgan fingerprint density at radius 3 is 2.21 bits per heavy atom. The van der Waals surface area contributed by atoms with Gasteiger partial charge in [-0.2, -0.15) is 4.98 Å². The minimum Gasteiger partial charge on any atom is -0.439 e. The van der Waals surface area contributed by atoms with Crippen LogP contribution in [-0.2, 0) is 4.79 Å². The van der Waals surface area contributed by atoms with Gasteiger partial charge in [0.2, 0.25) is 11.8 Å². The van der Waals surface area contributed by atoms with Gasteiger partial charge in [0.25, 0.3) is 11.1 Å². The summed E-state index contributed by atoms with van der Waals surface area (Å²) in [7, 11) is 0. The number of hydrogen-bond acceptors (Lipinski definition) is 8. The van der Waals surface area contributed by atoms with E-state index in [1.165, 1.54) is 5.69 Å². The third kappa shape index (κ3) is 4.98. The van der Waals surface area contributed by atoms with Crippen molar-refractivity contribution in [1.29, 1.82) is 0 Å². The maximum absolute atomic E-state index is 12.0. The second kappa shape index (κ2) is 9.33. The molecule has 8 nitrogen and oxygen atoms in total. The molecule has 0 unspecified atom stereocenters. The second-order valence-corrected chi connectivity index (χ2v) is 8.52. The second-order valence-electron chi connectivity index (χ2n) is 7.51. The summed E-state index contributed by atoms with van der Waals surface area (Å²) in [5.74, 6) is 1.13. The predicted molar refractivity (Wildman–Crippen MR) is 129 cm³/mol. The van der Waals surface area contributed by atoms with Crippen molar-refractivity contribution in [3.8, 4) is 11.6 Å². The highest BCUT2D eigenvalue weighted by atomic mass is 32.2. The number of carbonyl (C=O) groups is 2. The maximum Gasteiger partial charge on any atom is 0.290 e. The zero-order chi connectivity index (χ0) is 22.6. The molecule has 0 spiro atoms. The number of amides is 2. The molecule has 0 bridgehead atoms. The van der Waals surface area contributed by atoms with E-state index in [4.69, 9.17) is 4.74 Å². The van der Waals surface area contributed by atoms with Gasteiger partial charge in [-0.1, -0.05) is 36.4 Å². The topological polar surface area (TPSA) is 87.7 Å². The van der Waals surface area contributed by atoms with E-state index in [1.54, 1.807) is 12.1 Å². The van der Waals surface area contributed by atoms with Gasteiger partial charge in [-0.25, -0.2) is 4.98 Å². The summed E-state index contributed by atoms with van der Waals surface area (Å²) in [5.41, 5.74) is 1.70. The number of nitrogens with one attached hydrogen (secondary N) is 1. The van der Waals surface area contributed by atoms with Gasteiger partial charge < -0.3 is 14.5 Å². The number of piperazine rings is 1. The lowest BCUT2D eigenvalue weighted by Gasteiger charge is -2.36. The molecule has 5 rings (SSSR count). The Labute approximate surface area is 195 Å². The summed E-state index contributed by atoms with van der Waals surface area (Å²) < 4.78 is 5.96. The van der Waals surface area contributed by atoms with E-state index in [9.17, 15) is 9.59 Å². The van der Waals surface area contributed by atoms with Crippen molar-refractivity contribution in [3.63, 3.8) is 0 Å². The predicted octanol–water partition coefficient (Wildman–Crippen LogP) is 3.92. The number of ether oxygens (including phenoxy) is 1. The number of imide groups is 1. The van der Waals surface area contributed by atoms with E-state index in [0.717, 1.165) is 37.9 Å². The first-order valence-corrected chi connectivity index (χ1v) is 11.4. The first kappa shape index (κ1) is 21.0. The number of carbonyl (C=O) groups excluding carboxylic acids is 2. The Bertz CT molecular complexity index is 1200. The van der Waals surface area contributed by atoms with Gasteiger partial charge in [0.05, 0.1) is 10.6 Å². The Hall–Kier alpha value is -3.85.